The Morgan fingerprint density at radius 3 is 2.69 bits per heavy atom. The molecule has 0 aliphatic carbocycles. The van der Waals surface area contributed by atoms with Gasteiger partial charge in [-0.25, -0.2) is 0 Å². The fourth-order valence-electron chi connectivity index (χ4n) is 1.28. The van der Waals surface area contributed by atoms with E-state index in [1.165, 1.54) is 0 Å². The summed E-state index contributed by atoms with van der Waals surface area (Å²) in [7, 11) is 0. The normalized spacial score (nSPS) is 9.81. The summed E-state index contributed by atoms with van der Waals surface area (Å²) in [5.74, 6) is 0.878. The van der Waals surface area contributed by atoms with E-state index < -0.39 is 0 Å². The Hall–Kier alpha value is -1.61. The number of benzene rings is 1. The van der Waals surface area contributed by atoms with Crippen molar-refractivity contribution in [1.29, 1.82) is 0 Å². The smallest absolute Gasteiger partial charge is 0.159 e. The molecule has 0 saturated carbocycles. The number of ether oxygens (including phenoxy) is 1. The molecule has 0 heterocycles. The topological polar surface area (TPSA) is 42.9 Å². The molecule has 0 spiro atoms. The molecular weight excluding hydrogens is 202 g/mol. The largest absolute Gasteiger partial charge is 0.488 e. The van der Waals surface area contributed by atoms with Crippen molar-refractivity contribution in [2.75, 3.05) is 19.7 Å². The van der Waals surface area contributed by atoms with Crippen LogP contribution in [-0.2, 0) is 0 Å². The lowest BCUT2D eigenvalue weighted by Crippen LogP contribution is -2.85. The van der Waals surface area contributed by atoms with Gasteiger partial charge in [0, 0.05) is 5.56 Å². The van der Waals surface area contributed by atoms with Gasteiger partial charge in [0.2, 0.25) is 0 Å². The van der Waals surface area contributed by atoms with Crippen LogP contribution in [-0.4, -0.2) is 25.5 Å². The van der Waals surface area contributed by atoms with Gasteiger partial charge < -0.3 is 10.1 Å². The monoisotopic (exact) mass is 220 g/mol. The Morgan fingerprint density at radius 2 is 2.12 bits per heavy atom. The second-order valence-corrected chi connectivity index (χ2v) is 3.53. The quantitative estimate of drug-likeness (QED) is 0.423. The number of nitrogens with two attached hydrogens (primary N) is 1. The third-order valence-corrected chi connectivity index (χ3v) is 2.18. The third kappa shape index (κ3) is 4.28. The summed E-state index contributed by atoms with van der Waals surface area (Å²) in [5.41, 5.74) is 0.713. The molecule has 0 atom stereocenters. The summed E-state index contributed by atoms with van der Waals surface area (Å²) in [6, 6.07) is 7.21. The molecule has 0 fully saturated rings. The molecule has 2 N–H and O–H groups in total. The lowest BCUT2D eigenvalue weighted by Gasteiger charge is -2.05. The molecule has 1 rings (SSSR count). The first-order valence-corrected chi connectivity index (χ1v) is 5.40. The second kappa shape index (κ2) is 6.80. The minimum absolute atomic E-state index is 0.0749. The Bertz CT molecular complexity index is 343. The van der Waals surface area contributed by atoms with Crippen molar-refractivity contribution in [1.82, 2.24) is 0 Å². The minimum Gasteiger partial charge on any atom is -0.488 e. The SMILES string of the molecule is C=CC[NH2+]CCOc1ccc(C(C)=O)cc1. The zero-order valence-corrected chi connectivity index (χ0v) is 9.61. The molecule has 0 unspecified atom stereocenters. The highest BCUT2D eigenvalue weighted by atomic mass is 16.5. The first-order valence-electron chi connectivity index (χ1n) is 5.40. The fourth-order valence-corrected chi connectivity index (χ4v) is 1.28. The van der Waals surface area contributed by atoms with Crippen molar-refractivity contribution in [3.8, 4) is 5.75 Å². The van der Waals surface area contributed by atoms with Gasteiger partial charge in [0.25, 0.3) is 0 Å². The number of carbonyl (C=O) groups is 1. The van der Waals surface area contributed by atoms with E-state index in [0.29, 0.717) is 12.2 Å². The molecule has 0 radical (unpaired) electrons. The summed E-state index contributed by atoms with van der Waals surface area (Å²) in [6.45, 7) is 7.67. The first kappa shape index (κ1) is 12.5. The molecule has 86 valence electrons. The maximum atomic E-state index is 11.0. The maximum Gasteiger partial charge on any atom is 0.159 e. The van der Waals surface area contributed by atoms with Crippen LogP contribution in [0.4, 0.5) is 0 Å². The minimum atomic E-state index is 0.0749. The Kier molecular flexibility index (Phi) is 5.29. The average Bonchev–Trinajstić information content (AvgIpc) is 2.29. The number of carbonyl (C=O) groups excluding carboxylic acids is 1. The summed E-state index contributed by atoms with van der Waals surface area (Å²) < 4.78 is 5.51. The number of hydrogen-bond donors (Lipinski definition) is 1. The van der Waals surface area contributed by atoms with E-state index in [1.54, 1.807) is 19.1 Å². The molecule has 1 aromatic rings. The van der Waals surface area contributed by atoms with E-state index >= 15 is 0 Å². The highest BCUT2D eigenvalue weighted by molar-refractivity contribution is 5.94. The number of ketones is 1. The van der Waals surface area contributed by atoms with Gasteiger partial charge in [-0.2, -0.15) is 0 Å². The van der Waals surface area contributed by atoms with Crippen LogP contribution in [0.2, 0.25) is 0 Å². The highest BCUT2D eigenvalue weighted by Gasteiger charge is 1.99. The van der Waals surface area contributed by atoms with Gasteiger partial charge in [-0.1, -0.05) is 6.58 Å². The zero-order chi connectivity index (χ0) is 11.8. The van der Waals surface area contributed by atoms with Gasteiger partial charge in [-0.05, 0) is 37.3 Å². The Labute approximate surface area is 96.1 Å². The molecule has 0 bridgehead atoms. The van der Waals surface area contributed by atoms with E-state index in [-0.39, 0.29) is 5.78 Å². The van der Waals surface area contributed by atoms with Crippen LogP contribution in [0.25, 0.3) is 0 Å². The zero-order valence-electron chi connectivity index (χ0n) is 9.61. The van der Waals surface area contributed by atoms with Crippen LogP contribution in [0.5, 0.6) is 5.75 Å². The summed E-state index contributed by atoms with van der Waals surface area (Å²) in [4.78, 5) is 11.0. The summed E-state index contributed by atoms with van der Waals surface area (Å²) in [6.07, 6.45) is 1.86. The van der Waals surface area contributed by atoms with Crippen molar-refractivity contribution in [2.45, 2.75) is 6.92 Å². The number of rotatable bonds is 7. The molecule has 16 heavy (non-hydrogen) atoms. The molecule has 0 aliphatic rings. The third-order valence-electron chi connectivity index (χ3n) is 2.18. The van der Waals surface area contributed by atoms with Crippen LogP contribution in [0, 0.1) is 0 Å². The van der Waals surface area contributed by atoms with Crippen molar-refractivity contribution >= 4 is 5.78 Å². The molecule has 0 aliphatic heterocycles. The van der Waals surface area contributed by atoms with E-state index in [0.717, 1.165) is 18.8 Å². The summed E-state index contributed by atoms with van der Waals surface area (Å²) in [5, 5.41) is 2.12. The predicted molar refractivity (Wildman–Crippen MR) is 63.8 cm³/mol. The maximum absolute atomic E-state index is 11.0. The highest BCUT2D eigenvalue weighted by Crippen LogP contribution is 2.11. The second-order valence-electron chi connectivity index (χ2n) is 3.53. The molecule has 3 nitrogen and oxygen atoms in total. The van der Waals surface area contributed by atoms with Gasteiger partial charge in [0.05, 0.1) is 6.54 Å². The van der Waals surface area contributed by atoms with Gasteiger partial charge in [-0.15, -0.1) is 0 Å². The Balaban J connectivity index is 2.32. The van der Waals surface area contributed by atoms with Crippen molar-refractivity contribution in [3.63, 3.8) is 0 Å². The van der Waals surface area contributed by atoms with E-state index in [1.807, 2.05) is 18.2 Å². The molecular formula is C13H18NO2+. The van der Waals surface area contributed by atoms with Gasteiger partial charge >= 0.3 is 0 Å². The molecule has 3 heteroatoms. The Morgan fingerprint density at radius 1 is 1.44 bits per heavy atom. The molecule has 0 saturated heterocycles. The van der Waals surface area contributed by atoms with Gasteiger partial charge in [0.1, 0.15) is 18.9 Å². The molecule has 1 aromatic carbocycles. The van der Waals surface area contributed by atoms with Crippen LogP contribution < -0.4 is 10.1 Å². The number of hydrogen-bond acceptors (Lipinski definition) is 2. The van der Waals surface area contributed by atoms with E-state index in [4.69, 9.17) is 4.74 Å². The standard InChI is InChI=1S/C13H17NO2/c1-3-8-14-9-10-16-13-6-4-12(5-7-13)11(2)15/h3-7,14H,1,8-10H2,2H3/p+1. The van der Waals surface area contributed by atoms with Crippen LogP contribution in [0.15, 0.2) is 36.9 Å². The molecule has 0 amide bonds. The fraction of sp³-hybridized carbons (Fsp3) is 0.308. The lowest BCUT2D eigenvalue weighted by molar-refractivity contribution is -0.646. The van der Waals surface area contributed by atoms with Gasteiger partial charge in [-0.3, -0.25) is 4.79 Å². The van der Waals surface area contributed by atoms with Crippen molar-refractivity contribution in [3.05, 3.63) is 42.5 Å². The average molecular weight is 220 g/mol. The van der Waals surface area contributed by atoms with E-state index in [2.05, 4.69) is 11.9 Å². The lowest BCUT2D eigenvalue weighted by atomic mass is 10.1. The van der Waals surface area contributed by atoms with E-state index in [9.17, 15) is 4.79 Å². The predicted octanol–water partition coefficient (Wildman–Crippen LogP) is 1.02. The summed E-state index contributed by atoms with van der Waals surface area (Å²) >= 11 is 0. The number of quaternary nitrogens is 1. The number of Topliss-reactive ketones (excluding diaryl/α,β-unsaturated/α-hetero) is 1. The van der Waals surface area contributed by atoms with Crippen LogP contribution in [0.1, 0.15) is 17.3 Å². The first-order chi connectivity index (χ1) is 7.74. The van der Waals surface area contributed by atoms with Gasteiger partial charge in [0.15, 0.2) is 5.78 Å². The molecule has 0 aromatic heterocycles. The van der Waals surface area contributed by atoms with Crippen molar-refractivity contribution < 1.29 is 14.8 Å². The van der Waals surface area contributed by atoms with Crippen molar-refractivity contribution in [2.24, 2.45) is 0 Å². The van der Waals surface area contributed by atoms with Crippen LogP contribution >= 0.6 is 0 Å². The van der Waals surface area contributed by atoms with Crippen LogP contribution in [0.3, 0.4) is 0 Å².